The Morgan fingerprint density at radius 3 is 2.65 bits per heavy atom. The summed E-state index contributed by atoms with van der Waals surface area (Å²) in [5, 5.41) is -0.783. The van der Waals surface area contributed by atoms with Crippen molar-refractivity contribution in [1.29, 1.82) is 0 Å². The molecule has 5 nitrogen and oxygen atoms in total. The first kappa shape index (κ1) is 13.8. The second-order valence-corrected chi connectivity index (χ2v) is 6.07. The Bertz CT molecular complexity index is 486. The smallest absolute Gasteiger partial charge is 0.305 e. The predicted molar refractivity (Wildman–Crippen MR) is 61.3 cm³/mol. The Morgan fingerprint density at radius 1 is 1.53 bits per heavy atom. The molecule has 1 rings (SSSR count). The molecule has 0 bridgehead atoms. The second-order valence-electron chi connectivity index (χ2n) is 3.73. The van der Waals surface area contributed by atoms with Gasteiger partial charge >= 0.3 is 5.97 Å². The summed E-state index contributed by atoms with van der Waals surface area (Å²) in [7, 11) is -3.50. The van der Waals surface area contributed by atoms with Gasteiger partial charge in [0.05, 0.1) is 11.5 Å². The molecule has 0 saturated carbocycles. The van der Waals surface area contributed by atoms with Gasteiger partial charge in [-0.25, -0.2) is 8.42 Å². The van der Waals surface area contributed by atoms with Gasteiger partial charge < -0.3 is 9.15 Å². The van der Waals surface area contributed by atoms with Crippen LogP contribution in [0.15, 0.2) is 21.6 Å². The number of carbonyl (C=O) groups excluding carboxylic acids is 1. The van der Waals surface area contributed by atoms with Crippen molar-refractivity contribution in [3.63, 3.8) is 0 Å². The minimum atomic E-state index is -3.50. The quantitative estimate of drug-likeness (QED) is 0.753. The van der Waals surface area contributed by atoms with Gasteiger partial charge in [-0.2, -0.15) is 0 Å². The maximum absolute atomic E-state index is 12.1. The summed E-state index contributed by atoms with van der Waals surface area (Å²) >= 11 is 0. The van der Waals surface area contributed by atoms with Gasteiger partial charge in [-0.1, -0.05) is 6.92 Å². The van der Waals surface area contributed by atoms with Crippen molar-refractivity contribution in [3.05, 3.63) is 18.1 Å². The van der Waals surface area contributed by atoms with E-state index in [1.807, 2.05) is 0 Å². The fraction of sp³-hybridized carbons (Fsp3) is 0.545. The van der Waals surface area contributed by atoms with Crippen LogP contribution in [0.2, 0.25) is 0 Å². The van der Waals surface area contributed by atoms with Gasteiger partial charge in [0.25, 0.3) is 0 Å². The average molecular weight is 260 g/mol. The second kappa shape index (κ2) is 5.35. The zero-order chi connectivity index (χ0) is 13.1. The molecule has 0 aliphatic rings. The van der Waals surface area contributed by atoms with Crippen LogP contribution in [0, 0.1) is 6.92 Å². The molecule has 0 saturated heterocycles. The lowest BCUT2D eigenvalue weighted by Gasteiger charge is -2.12. The van der Waals surface area contributed by atoms with Crippen molar-refractivity contribution in [2.75, 3.05) is 6.61 Å². The lowest BCUT2D eigenvalue weighted by Crippen LogP contribution is -2.25. The highest BCUT2D eigenvalue weighted by Crippen LogP contribution is 2.21. The Labute approximate surface area is 101 Å². The fourth-order valence-corrected chi connectivity index (χ4v) is 2.66. The van der Waals surface area contributed by atoms with E-state index in [9.17, 15) is 13.2 Å². The zero-order valence-electron chi connectivity index (χ0n) is 10.1. The van der Waals surface area contributed by atoms with E-state index >= 15 is 0 Å². The van der Waals surface area contributed by atoms with Gasteiger partial charge in [0.1, 0.15) is 17.3 Å². The van der Waals surface area contributed by atoms with Crippen molar-refractivity contribution in [2.45, 2.75) is 37.3 Å². The lowest BCUT2D eigenvalue weighted by atomic mass is 10.5. The Hall–Kier alpha value is -1.30. The summed E-state index contributed by atoms with van der Waals surface area (Å²) < 4.78 is 33.9. The van der Waals surface area contributed by atoms with Gasteiger partial charge in [0.15, 0.2) is 9.84 Å². The van der Waals surface area contributed by atoms with Crippen molar-refractivity contribution >= 4 is 15.8 Å². The molecule has 0 N–H and O–H groups in total. The van der Waals surface area contributed by atoms with E-state index in [1.54, 1.807) is 13.8 Å². The number of hydrogen-bond donors (Lipinski definition) is 0. The lowest BCUT2D eigenvalue weighted by molar-refractivity contribution is -0.143. The molecule has 0 radical (unpaired) electrons. The van der Waals surface area contributed by atoms with E-state index in [0.717, 1.165) is 0 Å². The first-order valence-corrected chi connectivity index (χ1v) is 6.87. The van der Waals surface area contributed by atoms with Gasteiger partial charge in [-0.15, -0.1) is 0 Å². The SMILES string of the molecule is CCC(=O)OCC(C)S(=O)(=O)c1ccoc1C. The number of furan rings is 1. The molecule has 0 fully saturated rings. The average Bonchev–Trinajstić information content (AvgIpc) is 2.72. The van der Waals surface area contributed by atoms with E-state index in [-0.39, 0.29) is 17.9 Å². The molecule has 1 aromatic rings. The van der Waals surface area contributed by atoms with Crippen LogP contribution in [-0.4, -0.2) is 26.2 Å². The van der Waals surface area contributed by atoms with Gasteiger partial charge in [-0.3, -0.25) is 4.79 Å². The molecular formula is C11H16O5S. The van der Waals surface area contributed by atoms with E-state index in [4.69, 9.17) is 9.15 Å². The third-order valence-corrected chi connectivity index (χ3v) is 4.65. The summed E-state index contributed by atoms with van der Waals surface area (Å²) in [6.45, 7) is 4.60. The topological polar surface area (TPSA) is 73.6 Å². The van der Waals surface area contributed by atoms with E-state index in [0.29, 0.717) is 5.76 Å². The van der Waals surface area contributed by atoms with Crippen LogP contribution in [0.1, 0.15) is 26.0 Å². The summed E-state index contributed by atoms with van der Waals surface area (Å²) in [5.74, 6) is -0.0605. The van der Waals surface area contributed by atoms with Crippen LogP contribution in [0.4, 0.5) is 0 Å². The molecule has 0 aliphatic heterocycles. The molecule has 0 aromatic carbocycles. The van der Waals surface area contributed by atoms with Gasteiger partial charge in [-0.05, 0) is 19.9 Å². The zero-order valence-corrected chi connectivity index (χ0v) is 10.9. The maximum Gasteiger partial charge on any atom is 0.305 e. The molecule has 0 spiro atoms. The van der Waals surface area contributed by atoms with Crippen LogP contribution in [-0.2, 0) is 19.4 Å². The number of ether oxygens (including phenoxy) is 1. The van der Waals surface area contributed by atoms with Crippen LogP contribution in [0.25, 0.3) is 0 Å². The highest BCUT2D eigenvalue weighted by Gasteiger charge is 2.27. The van der Waals surface area contributed by atoms with E-state index in [1.165, 1.54) is 19.3 Å². The number of carbonyl (C=O) groups is 1. The highest BCUT2D eigenvalue weighted by molar-refractivity contribution is 7.92. The molecule has 0 amide bonds. The summed E-state index contributed by atoms with van der Waals surface area (Å²) in [4.78, 5) is 11.1. The number of rotatable bonds is 5. The number of esters is 1. The predicted octanol–water partition coefficient (Wildman–Crippen LogP) is 1.70. The molecule has 1 unspecified atom stereocenters. The van der Waals surface area contributed by atoms with Crippen LogP contribution >= 0.6 is 0 Å². The Morgan fingerprint density at radius 2 is 2.18 bits per heavy atom. The first-order chi connectivity index (χ1) is 7.89. The first-order valence-electron chi connectivity index (χ1n) is 5.33. The van der Waals surface area contributed by atoms with Crippen LogP contribution in [0.3, 0.4) is 0 Å². The fourth-order valence-electron chi connectivity index (χ4n) is 1.29. The summed E-state index contributed by atoms with van der Waals surface area (Å²) in [6, 6.07) is 1.41. The highest BCUT2D eigenvalue weighted by atomic mass is 32.2. The summed E-state index contributed by atoms with van der Waals surface area (Å²) in [6.07, 6.45) is 1.56. The minimum absolute atomic E-state index is 0.139. The van der Waals surface area contributed by atoms with E-state index < -0.39 is 21.1 Å². The van der Waals surface area contributed by atoms with Crippen LogP contribution < -0.4 is 0 Å². The Balaban J connectivity index is 2.78. The normalized spacial score (nSPS) is 13.4. The van der Waals surface area contributed by atoms with Gasteiger partial charge in [0, 0.05) is 6.42 Å². The van der Waals surface area contributed by atoms with Crippen molar-refractivity contribution in [1.82, 2.24) is 0 Å². The molecule has 0 aliphatic carbocycles. The minimum Gasteiger partial charge on any atom is -0.468 e. The van der Waals surface area contributed by atoms with Gasteiger partial charge in [0.2, 0.25) is 0 Å². The molecule has 1 atom stereocenters. The molecule has 6 heteroatoms. The monoisotopic (exact) mass is 260 g/mol. The number of sulfone groups is 1. The van der Waals surface area contributed by atoms with Crippen LogP contribution in [0.5, 0.6) is 0 Å². The molecule has 1 aromatic heterocycles. The number of aryl methyl sites for hydroxylation is 1. The standard InChI is InChI=1S/C11H16O5S/c1-4-11(12)16-7-8(2)17(13,14)10-5-6-15-9(10)3/h5-6,8H,4,7H2,1-3H3. The Kier molecular flexibility index (Phi) is 4.34. The largest absolute Gasteiger partial charge is 0.468 e. The molecular weight excluding hydrogens is 244 g/mol. The third kappa shape index (κ3) is 3.09. The molecule has 96 valence electrons. The maximum atomic E-state index is 12.1. The summed E-state index contributed by atoms with van der Waals surface area (Å²) in [5.41, 5.74) is 0. The third-order valence-electron chi connectivity index (χ3n) is 2.42. The van der Waals surface area contributed by atoms with Crippen molar-refractivity contribution in [3.8, 4) is 0 Å². The number of hydrogen-bond acceptors (Lipinski definition) is 5. The van der Waals surface area contributed by atoms with E-state index in [2.05, 4.69) is 0 Å². The van der Waals surface area contributed by atoms with Crippen molar-refractivity contribution in [2.24, 2.45) is 0 Å². The molecule has 1 heterocycles. The van der Waals surface area contributed by atoms with Crippen molar-refractivity contribution < 1.29 is 22.4 Å². The molecule has 17 heavy (non-hydrogen) atoms.